The molecule has 0 radical (unpaired) electrons. The molecule has 1 saturated heterocycles. The van der Waals surface area contributed by atoms with Gasteiger partial charge in [0, 0.05) is 52.2 Å². The van der Waals surface area contributed by atoms with Gasteiger partial charge in [-0.15, -0.1) is 35.3 Å². The van der Waals surface area contributed by atoms with Crippen LogP contribution in [0.5, 0.6) is 0 Å². The second kappa shape index (κ2) is 12.2. The van der Waals surface area contributed by atoms with E-state index in [2.05, 4.69) is 38.0 Å². The van der Waals surface area contributed by atoms with Crippen LogP contribution >= 0.6 is 35.3 Å². The third-order valence-corrected chi connectivity index (χ3v) is 7.22. The highest BCUT2D eigenvalue weighted by Crippen LogP contribution is 2.38. The summed E-state index contributed by atoms with van der Waals surface area (Å²) in [5.74, 6) is 1.69. The fourth-order valence-electron chi connectivity index (χ4n) is 4.79. The molecule has 2 fully saturated rings. The van der Waals surface area contributed by atoms with Crippen LogP contribution in [0.4, 0.5) is 0 Å². The number of likely N-dealkylation sites (tertiary alicyclic amines) is 1. The summed E-state index contributed by atoms with van der Waals surface area (Å²) in [5, 5.41) is 9.13. The Kier molecular flexibility index (Phi) is 10.4. The Morgan fingerprint density at radius 1 is 1.30 bits per heavy atom. The van der Waals surface area contributed by atoms with E-state index < -0.39 is 0 Å². The molecule has 0 spiro atoms. The molecule has 1 saturated carbocycles. The molecule has 6 nitrogen and oxygen atoms in total. The average molecular weight is 548 g/mol. The van der Waals surface area contributed by atoms with E-state index >= 15 is 0 Å². The standard InChI is InChI=1S/C22H37N5OS.HI/c1-23-21(25-17-22(10-4-5-11-22)20(28)26(2)3)24-14-18-8-6-12-27(15-18)16-19-9-7-13-29-19;/h7,9,13,18H,4-6,8,10-12,14-17H2,1-3H3,(H2,23,24,25);1H. The highest BCUT2D eigenvalue weighted by atomic mass is 127. The van der Waals surface area contributed by atoms with Crippen LogP contribution < -0.4 is 10.6 Å². The van der Waals surface area contributed by atoms with Gasteiger partial charge in [-0.2, -0.15) is 0 Å². The number of piperidine rings is 1. The van der Waals surface area contributed by atoms with Gasteiger partial charge in [-0.1, -0.05) is 18.9 Å². The molecule has 1 aromatic heterocycles. The van der Waals surface area contributed by atoms with Crippen LogP contribution in [0, 0.1) is 11.3 Å². The van der Waals surface area contributed by atoms with Crippen molar-refractivity contribution in [3.8, 4) is 0 Å². The van der Waals surface area contributed by atoms with E-state index in [1.807, 2.05) is 32.5 Å². The first-order chi connectivity index (χ1) is 14.0. The van der Waals surface area contributed by atoms with Crippen molar-refractivity contribution in [1.29, 1.82) is 0 Å². The molecule has 1 unspecified atom stereocenters. The Bertz CT molecular complexity index is 673. The molecule has 1 aliphatic carbocycles. The zero-order valence-corrected chi connectivity index (χ0v) is 21.8. The molecule has 1 atom stereocenters. The molecule has 2 N–H and O–H groups in total. The number of rotatable bonds is 7. The molecule has 2 aliphatic rings. The zero-order valence-electron chi connectivity index (χ0n) is 18.7. The van der Waals surface area contributed by atoms with Gasteiger partial charge in [0.25, 0.3) is 0 Å². The summed E-state index contributed by atoms with van der Waals surface area (Å²) in [6, 6.07) is 4.36. The van der Waals surface area contributed by atoms with Gasteiger partial charge in [0.2, 0.25) is 5.91 Å². The average Bonchev–Trinajstić information content (AvgIpc) is 3.40. The number of nitrogens with zero attached hydrogens (tertiary/aromatic N) is 3. The molecule has 3 rings (SSSR count). The summed E-state index contributed by atoms with van der Waals surface area (Å²) in [6.45, 7) is 4.98. The molecular formula is C22H38IN5OS. The van der Waals surface area contributed by atoms with Gasteiger partial charge in [-0.25, -0.2) is 0 Å². The number of hydrogen-bond acceptors (Lipinski definition) is 4. The maximum absolute atomic E-state index is 12.8. The molecule has 1 amide bonds. The second-order valence-electron chi connectivity index (χ2n) is 8.82. The largest absolute Gasteiger partial charge is 0.356 e. The molecule has 0 bridgehead atoms. The fourth-order valence-corrected chi connectivity index (χ4v) is 5.54. The molecule has 2 heterocycles. The van der Waals surface area contributed by atoms with Gasteiger partial charge in [0.1, 0.15) is 0 Å². The van der Waals surface area contributed by atoms with Gasteiger partial charge in [-0.3, -0.25) is 14.7 Å². The number of thiophene rings is 1. The van der Waals surface area contributed by atoms with Crippen molar-refractivity contribution in [2.45, 2.75) is 45.1 Å². The Hall–Kier alpha value is -0.870. The lowest BCUT2D eigenvalue weighted by molar-refractivity contribution is -0.138. The Morgan fingerprint density at radius 2 is 2.07 bits per heavy atom. The van der Waals surface area contributed by atoms with Gasteiger partial charge in [-0.05, 0) is 49.6 Å². The molecule has 30 heavy (non-hydrogen) atoms. The number of carbonyl (C=O) groups is 1. The molecule has 0 aromatic carbocycles. The molecule has 170 valence electrons. The molecule has 8 heteroatoms. The van der Waals surface area contributed by atoms with Crippen LogP contribution in [-0.4, -0.2) is 69.0 Å². The number of guanidine groups is 1. The van der Waals surface area contributed by atoms with Gasteiger partial charge in [0.05, 0.1) is 5.41 Å². The lowest BCUT2D eigenvalue weighted by Crippen LogP contribution is -2.50. The number of carbonyl (C=O) groups excluding carboxylic acids is 1. The summed E-state index contributed by atoms with van der Waals surface area (Å²) in [6.07, 6.45) is 6.71. The molecular weight excluding hydrogens is 509 g/mol. The van der Waals surface area contributed by atoms with E-state index in [1.165, 1.54) is 24.3 Å². The van der Waals surface area contributed by atoms with Gasteiger partial charge >= 0.3 is 0 Å². The predicted molar refractivity (Wildman–Crippen MR) is 137 cm³/mol. The molecule has 1 aromatic rings. The summed E-state index contributed by atoms with van der Waals surface area (Å²) in [7, 11) is 5.54. The SMILES string of the molecule is CN=C(NCC1CCCN(Cc2cccs2)C1)NCC1(C(=O)N(C)C)CCCC1.I. The third-order valence-electron chi connectivity index (χ3n) is 6.36. The van der Waals surface area contributed by atoms with Crippen molar-refractivity contribution in [3.05, 3.63) is 22.4 Å². The quantitative estimate of drug-likeness (QED) is 0.312. The van der Waals surface area contributed by atoms with E-state index in [-0.39, 0.29) is 35.3 Å². The first-order valence-corrected chi connectivity index (χ1v) is 11.8. The number of amides is 1. The van der Waals surface area contributed by atoms with Crippen LogP contribution in [0.15, 0.2) is 22.5 Å². The number of nitrogens with one attached hydrogen (secondary N) is 2. The minimum atomic E-state index is -0.274. The van der Waals surface area contributed by atoms with Gasteiger partial charge in [0.15, 0.2) is 5.96 Å². The summed E-state index contributed by atoms with van der Waals surface area (Å²) in [4.78, 5) is 22.9. The van der Waals surface area contributed by atoms with Crippen molar-refractivity contribution >= 4 is 47.2 Å². The van der Waals surface area contributed by atoms with E-state index in [0.717, 1.165) is 51.3 Å². The fraction of sp³-hybridized carbons (Fsp3) is 0.727. The van der Waals surface area contributed by atoms with E-state index in [9.17, 15) is 4.79 Å². The zero-order chi connectivity index (χ0) is 20.7. The van der Waals surface area contributed by atoms with Crippen molar-refractivity contribution in [1.82, 2.24) is 20.4 Å². The topological polar surface area (TPSA) is 60.0 Å². The maximum Gasteiger partial charge on any atom is 0.230 e. The number of halogens is 1. The third kappa shape index (κ3) is 6.82. The van der Waals surface area contributed by atoms with Crippen LogP contribution in [0.1, 0.15) is 43.4 Å². The summed E-state index contributed by atoms with van der Waals surface area (Å²) >= 11 is 1.84. The second-order valence-corrected chi connectivity index (χ2v) is 9.85. The Labute approximate surface area is 202 Å². The van der Waals surface area contributed by atoms with E-state index in [1.54, 1.807) is 4.90 Å². The van der Waals surface area contributed by atoms with Crippen molar-refractivity contribution in [3.63, 3.8) is 0 Å². The first-order valence-electron chi connectivity index (χ1n) is 10.9. The minimum Gasteiger partial charge on any atom is -0.356 e. The lowest BCUT2D eigenvalue weighted by atomic mass is 9.84. The first kappa shape index (κ1) is 25.4. The van der Waals surface area contributed by atoms with Crippen LogP contribution in [-0.2, 0) is 11.3 Å². The molecule has 1 aliphatic heterocycles. The number of hydrogen-bond donors (Lipinski definition) is 2. The van der Waals surface area contributed by atoms with E-state index in [0.29, 0.717) is 12.5 Å². The van der Waals surface area contributed by atoms with Gasteiger partial charge < -0.3 is 15.5 Å². The lowest BCUT2D eigenvalue weighted by Gasteiger charge is -2.33. The van der Waals surface area contributed by atoms with Crippen molar-refractivity contribution < 1.29 is 4.79 Å². The minimum absolute atomic E-state index is 0. The number of aliphatic imine (C=N–C) groups is 1. The van der Waals surface area contributed by atoms with Crippen LogP contribution in [0.25, 0.3) is 0 Å². The van der Waals surface area contributed by atoms with Crippen LogP contribution in [0.3, 0.4) is 0 Å². The van der Waals surface area contributed by atoms with Crippen LogP contribution in [0.2, 0.25) is 0 Å². The highest BCUT2D eigenvalue weighted by molar-refractivity contribution is 14.0. The van der Waals surface area contributed by atoms with Crippen molar-refractivity contribution in [2.75, 3.05) is 47.3 Å². The Morgan fingerprint density at radius 3 is 2.70 bits per heavy atom. The summed E-state index contributed by atoms with van der Waals surface area (Å²) < 4.78 is 0. The summed E-state index contributed by atoms with van der Waals surface area (Å²) in [5.41, 5.74) is -0.274. The normalized spacial score (nSPS) is 21.7. The monoisotopic (exact) mass is 547 g/mol. The predicted octanol–water partition coefficient (Wildman–Crippen LogP) is 3.39. The van der Waals surface area contributed by atoms with Crippen molar-refractivity contribution in [2.24, 2.45) is 16.3 Å². The highest BCUT2D eigenvalue weighted by Gasteiger charge is 2.42. The Balaban J connectivity index is 0.00000320. The van der Waals surface area contributed by atoms with E-state index in [4.69, 9.17) is 0 Å². The maximum atomic E-state index is 12.8. The smallest absolute Gasteiger partial charge is 0.230 e.